The summed E-state index contributed by atoms with van der Waals surface area (Å²) in [6, 6.07) is 0. The van der Waals surface area contributed by atoms with Gasteiger partial charge >= 0.3 is 0 Å². The van der Waals surface area contributed by atoms with Gasteiger partial charge in [-0.25, -0.2) is 12.7 Å². The first kappa shape index (κ1) is 12.9. The molecule has 0 rings (SSSR count). The highest BCUT2D eigenvalue weighted by atomic mass is 35.5. The van der Waals surface area contributed by atoms with Gasteiger partial charge in [0, 0.05) is 19.5 Å². The van der Waals surface area contributed by atoms with Crippen LogP contribution in [-0.4, -0.2) is 37.9 Å². The molecule has 0 saturated heterocycles. The Kier molecular flexibility index (Phi) is 6.37. The molecule has 0 heterocycles. The highest BCUT2D eigenvalue weighted by Gasteiger charge is 2.15. The summed E-state index contributed by atoms with van der Waals surface area (Å²) in [5, 5.41) is 0. The lowest BCUT2D eigenvalue weighted by Gasteiger charge is -2.15. The van der Waals surface area contributed by atoms with Gasteiger partial charge in [0.1, 0.15) is 0 Å². The highest BCUT2D eigenvalue weighted by molar-refractivity contribution is 7.89. The maximum Gasteiger partial charge on any atom is 0.215 e. The zero-order chi connectivity index (χ0) is 10.3. The Morgan fingerprint density at radius 2 is 2.15 bits per heavy atom. The topological polar surface area (TPSA) is 37.4 Å². The van der Waals surface area contributed by atoms with E-state index in [1.807, 2.05) is 0 Å². The first-order valence-corrected chi connectivity index (χ1v) is 6.30. The van der Waals surface area contributed by atoms with E-state index in [1.165, 1.54) is 4.31 Å². The van der Waals surface area contributed by atoms with Crippen LogP contribution >= 0.6 is 11.6 Å². The van der Waals surface area contributed by atoms with Gasteiger partial charge in [-0.1, -0.05) is 6.08 Å². The van der Waals surface area contributed by atoms with Gasteiger partial charge in [0.15, 0.2) is 0 Å². The molecular formula is C8H16ClNO2S. The van der Waals surface area contributed by atoms with Gasteiger partial charge < -0.3 is 0 Å². The van der Waals surface area contributed by atoms with Crippen LogP contribution in [-0.2, 0) is 10.0 Å². The van der Waals surface area contributed by atoms with E-state index in [9.17, 15) is 8.42 Å². The van der Waals surface area contributed by atoms with Crippen molar-refractivity contribution in [1.29, 1.82) is 0 Å². The molecular weight excluding hydrogens is 210 g/mol. The normalized spacial score (nSPS) is 11.9. The van der Waals surface area contributed by atoms with Crippen LogP contribution in [0.2, 0.25) is 0 Å². The zero-order valence-electron chi connectivity index (χ0n) is 7.87. The molecule has 13 heavy (non-hydrogen) atoms. The number of unbranched alkanes of at least 4 members (excludes halogenated alkanes) is 1. The average molecular weight is 226 g/mol. The minimum Gasteiger partial charge on any atom is -0.212 e. The Morgan fingerprint density at radius 1 is 1.54 bits per heavy atom. The molecule has 0 radical (unpaired) electrons. The first-order valence-electron chi connectivity index (χ1n) is 4.15. The molecule has 0 aliphatic carbocycles. The molecule has 0 bridgehead atoms. The van der Waals surface area contributed by atoms with Crippen molar-refractivity contribution in [2.75, 3.05) is 25.2 Å². The number of rotatable bonds is 7. The van der Waals surface area contributed by atoms with Crippen molar-refractivity contribution in [1.82, 2.24) is 4.31 Å². The summed E-state index contributed by atoms with van der Waals surface area (Å²) in [6.07, 6.45) is 3.42. The molecule has 0 fully saturated rings. The van der Waals surface area contributed by atoms with Crippen molar-refractivity contribution in [3.05, 3.63) is 12.7 Å². The molecule has 0 aromatic heterocycles. The fourth-order valence-electron chi connectivity index (χ4n) is 0.851. The maximum atomic E-state index is 11.3. The second-order valence-corrected chi connectivity index (χ2v) is 5.33. The van der Waals surface area contributed by atoms with E-state index in [0.29, 0.717) is 6.54 Å². The Morgan fingerprint density at radius 3 is 2.62 bits per heavy atom. The molecule has 0 atom stereocenters. The smallest absolute Gasteiger partial charge is 0.212 e. The van der Waals surface area contributed by atoms with Crippen molar-refractivity contribution >= 4 is 21.6 Å². The zero-order valence-corrected chi connectivity index (χ0v) is 9.44. The van der Waals surface area contributed by atoms with Crippen LogP contribution in [0.1, 0.15) is 12.8 Å². The van der Waals surface area contributed by atoms with E-state index >= 15 is 0 Å². The van der Waals surface area contributed by atoms with Crippen molar-refractivity contribution in [3.8, 4) is 0 Å². The van der Waals surface area contributed by atoms with Gasteiger partial charge in [-0.2, -0.15) is 0 Å². The predicted molar refractivity (Wildman–Crippen MR) is 56.6 cm³/mol. The number of nitrogens with zero attached hydrogens (tertiary/aromatic N) is 1. The predicted octanol–water partition coefficient (Wildman–Crippen LogP) is 1.45. The molecule has 78 valence electrons. The Bertz CT molecular complexity index is 239. The largest absolute Gasteiger partial charge is 0.215 e. The summed E-state index contributed by atoms with van der Waals surface area (Å²) >= 11 is 5.37. The molecule has 5 heteroatoms. The molecule has 0 aliphatic heterocycles. The third kappa shape index (κ3) is 5.29. The van der Waals surface area contributed by atoms with Gasteiger partial charge in [0.25, 0.3) is 0 Å². The standard InChI is InChI=1S/C8H16ClNO2S/c1-3-4-5-7-10(2)13(11,12)8-6-9/h3H,1,4-8H2,2H3. The molecule has 0 aromatic rings. The van der Waals surface area contributed by atoms with Crippen LogP contribution in [0.4, 0.5) is 0 Å². The van der Waals surface area contributed by atoms with Crippen LogP contribution in [0, 0.1) is 0 Å². The molecule has 0 amide bonds. The maximum absolute atomic E-state index is 11.3. The molecule has 3 nitrogen and oxygen atoms in total. The van der Waals surface area contributed by atoms with Gasteiger partial charge in [-0.05, 0) is 12.8 Å². The third-order valence-electron chi connectivity index (χ3n) is 1.69. The minimum atomic E-state index is -3.12. The van der Waals surface area contributed by atoms with E-state index in [0.717, 1.165) is 12.8 Å². The quantitative estimate of drug-likeness (QED) is 0.374. The van der Waals surface area contributed by atoms with Crippen molar-refractivity contribution in [3.63, 3.8) is 0 Å². The lowest BCUT2D eigenvalue weighted by molar-refractivity contribution is 0.464. The lowest BCUT2D eigenvalue weighted by Crippen LogP contribution is -2.30. The molecule has 0 aromatic carbocycles. The van der Waals surface area contributed by atoms with Crippen LogP contribution < -0.4 is 0 Å². The van der Waals surface area contributed by atoms with E-state index < -0.39 is 10.0 Å². The highest BCUT2D eigenvalue weighted by Crippen LogP contribution is 2.01. The molecule has 0 N–H and O–H groups in total. The van der Waals surface area contributed by atoms with Crippen LogP contribution in [0.25, 0.3) is 0 Å². The lowest BCUT2D eigenvalue weighted by atomic mass is 10.3. The summed E-state index contributed by atoms with van der Waals surface area (Å²) in [7, 11) is -1.55. The van der Waals surface area contributed by atoms with E-state index in [1.54, 1.807) is 13.1 Å². The number of sulfonamides is 1. The number of alkyl halides is 1. The van der Waals surface area contributed by atoms with Gasteiger partial charge in [0.2, 0.25) is 10.0 Å². The Hall–Kier alpha value is -0.0600. The SMILES string of the molecule is C=CCCCN(C)S(=O)(=O)CCCl. The van der Waals surface area contributed by atoms with Gasteiger partial charge in [-0.3, -0.25) is 0 Å². The van der Waals surface area contributed by atoms with E-state index in [-0.39, 0.29) is 11.6 Å². The third-order valence-corrected chi connectivity index (χ3v) is 3.96. The summed E-state index contributed by atoms with van der Waals surface area (Å²) < 4.78 is 24.0. The minimum absolute atomic E-state index is 0.0130. The van der Waals surface area contributed by atoms with Crippen LogP contribution in [0.5, 0.6) is 0 Å². The fraction of sp³-hybridized carbons (Fsp3) is 0.750. The number of hydrogen-bond acceptors (Lipinski definition) is 2. The average Bonchev–Trinajstić information content (AvgIpc) is 2.04. The van der Waals surface area contributed by atoms with Crippen molar-refractivity contribution in [2.24, 2.45) is 0 Å². The fourth-order valence-corrected chi connectivity index (χ4v) is 2.35. The summed E-state index contributed by atoms with van der Waals surface area (Å²) in [4.78, 5) is 0. The molecule has 0 unspecified atom stereocenters. The van der Waals surface area contributed by atoms with Crippen LogP contribution in [0.15, 0.2) is 12.7 Å². The summed E-state index contributed by atoms with van der Waals surface area (Å²) in [6.45, 7) is 4.10. The number of halogens is 1. The van der Waals surface area contributed by atoms with Gasteiger partial charge in [-0.15, -0.1) is 18.2 Å². The van der Waals surface area contributed by atoms with Crippen molar-refractivity contribution in [2.45, 2.75) is 12.8 Å². The first-order chi connectivity index (χ1) is 6.04. The number of allylic oxidation sites excluding steroid dienone is 1. The summed E-state index contributed by atoms with van der Waals surface area (Å²) in [5.74, 6) is 0.160. The molecule has 0 saturated carbocycles. The second-order valence-electron chi connectivity index (χ2n) is 2.76. The molecule has 0 aliphatic rings. The molecule has 0 spiro atoms. The number of hydrogen-bond donors (Lipinski definition) is 0. The monoisotopic (exact) mass is 225 g/mol. The second kappa shape index (κ2) is 6.40. The van der Waals surface area contributed by atoms with Gasteiger partial charge in [0.05, 0.1) is 5.75 Å². The Labute approximate surface area is 85.4 Å². The van der Waals surface area contributed by atoms with Crippen LogP contribution in [0.3, 0.4) is 0 Å². The van der Waals surface area contributed by atoms with E-state index in [2.05, 4.69) is 6.58 Å². The van der Waals surface area contributed by atoms with E-state index in [4.69, 9.17) is 11.6 Å². The van der Waals surface area contributed by atoms with Crippen molar-refractivity contribution < 1.29 is 8.42 Å². The summed E-state index contributed by atoms with van der Waals surface area (Å²) in [5.41, 5.74) is 0. The Balaban J connectivity index is 3.94.